The minimum absolute atomic E-state index is 0.184. The van der Waals surface area contributed by atoms with Gasteiger partial charge in [-0.2, -0.15) is 12.6 Å². The maximum absolute atomic E-state index is 11.9. The number of hydrogen-bond acceptors (Lipinski definition) is 5. The topological polar surface area (TPSA) is 82.1 Å². The number of rotatable bonds is 9. The Morgan fingerprint density at radius 2 is 1.61 bits per heavy atom. The van der Waals surface area contributed by atoms with Crippen LogP contribution in [0.2, 0.25) is 0 Å². The molecule has 2 aliphatic heterocycles. The molecule has 2 aliphatic rings. The molecule has 31 heavy (non-hydrogen) atoms. The molecule has 2 heterocycles. The molecule has 7 nitrogen and oxygen atoms in total. The van der Waals surface area contributed by atoms with Gasteiger partial charge in [-0.15, -0.1) is 0 Å². The van der Waals surface area contributed by atoms with Crippen molar-refractivity contribution in [3.63, 3.8) is 0 Å². The zero-order valence-electron chi connectivity index (χ0n) is 17.5. The molecule has 0 spiro atoms. The predicted octanol–water partition coefficient (Wildman–Crippen LogP) is 3.09. The average molecular weight is 447 g/mol. The zero-order chi connectivity index (χ0) is 22.0. The number of fused-ring (bicyclic) bond motifs is 1. The van der Waals surface area contributed by atoms with Gasteiger partial charge in [0.2, 0.25) is 0 Å². The van der Waals surface area contributed by atoms with Gasteiger partial charge in [-0.3, -0.25) is 9.04 Å². The highest BCUT2D eigenvalue weighted by molar-refractivity contribution is 7.80. The Bertz CT molecular complexity index is 1030. The summed E-state index contributed by atoms with van der Waals surface area (Å²) in [4.78, 5) is 0. The number of quaternary nitrogens is 1. The molecule has 4 rings (SSSR count). The molecule has 3 atom stereocenters. The summed E-state index contributed by atoms with van der Waals surface area (Å²) in [5, 5.41) is 0. The van der Waals surface area contributed by atoms with E-state index < -0.39 is 22.2 Å². The van der Waals surface area contributed by atoms with Crippen LogP contribution in [0.4, 0.5) is 0 Å². The van der Waals surface area contributed by atoms with Gasteiger partial charge in [0.05, 0.1) is 39.0 Å². The Kier molecular flexibility index (Phi) is 6.30. The van der Waals surface area contributed by atoms with Crippen LogP contribution in [0.25, 0.3) is 0 Å². The van der Waals surface area contributed by atoms with Crippen molar-refractivity contribution in [3.8, 4) is 0 Å². The summed E-state index contributed by atoms with van der Waals surface area (Å²) in [6, 6.07) is 19.4. The Hall–Kier alpha value is -2.07. The smallest absolute Gasteiger partial charge is 0.372 e. The van der Waals surface area contributed by atoms with Crippen molar-refractivity contribution in [2.24, 2.45) is 0 Å². The van der Waals surface area contributed by atoms with Crippen LogP contribution in [0.3, 0.4) is 0 Å². The first kappa shape index (κ1) is 22.1. The molecular weight excluding hydrogens is 418 g/mol. The van der Waals surface area contributed by atoms with Crippen LogP contribution >= 0.6 is 0 Å². The number of nitrogens with zero attached hydrogens (tertiary/aromatic N) is 1. The lowest BCUT2D eigenvalue weighted by atomic mass is 9.99. The summed E-state index contributed by atoms with van der Waals surface area (Å²) in [6.45, 7) is 2.13. The van der Waals surface area contributed by atoms with Crippen LogP contribution in [0.15, 0.2) is 72.3 Å². The summed E-state index contributed by atoms with van der Waals surface area (Å²) in [6.07, 6.45) is 2.01. The molecule has 1 fully saturated rings. The van der Waals surface area contributed by atoms with E-state index in [0.29, 0.717) is 38.3 Å². The number of likely N-dealkylation sites (N-methyl/N-ethyl adjacent to an activating group) is 1. The van der Waals surface area contributed by atoms with Crippen molar-refractivity contribution in [1.82, 2.24) is 0 Å². The SMILES string of the molecule is C[N+]12CC=C(COCc3ccccc3)C1(OS(=O)(=O)O)C(OCc1ccccc1)CC2. The third kappa shape index (κ3) is 4.59. The fraction of sp³-hybridized carbons (Fsp3) is 0.391. The van der Waals surface area contributed by atoms with E-state index in [2.05, 4.69) is 0 Å². The van der Waals surface area contributed by atoms with Gasteiger partial charge in [-0.1, -0.05) is 60.7 Å². The molecule has 2 aromatic carbocycles. The van der Waals surface area contributed by atoms with Gasteiger partial charge in [-0.05, 0) is 17.2 Å². The van der Waals surface area contributed by atoms with Crippen molar-refractivity contribution in [2.45, 2.75) is 31.5 Å². The van der Waals surface area contributed by atoms with E-state index in [1.165, 1.54) is 0 Å². The monoisotopic (exact) mass is 446 g/mol. The lowest BCUT2D eigenvalue weighted by Crippen LogP contribution is -2.63. The van der Waals surface area contributed by atoms with Gasteiger partial charge in [0.25, 0.3) is 5.72 Å². The van der Waals surface area contributed by atoms with Crippen molar-refractivity contribution >= 4 is 10.4 Å². The van der Waals surface area contributed by atoms with Crippen LogP contribution in [-0.4, -0.2) is 56.0 Å². The van der Waals surface area contributed by atoms with Crippen LogP contribution in [-0.2, 0) is 37.3 Å². The summed E-state index contributed by atoms with van der Waals surface area (Å²) in [5.41, 5.74) is 1.33. The Morgan fingerprint density at radius 1 is 1.00 bits per heavy atom. The summed E-state index contributed by atoms with van der Waals surface area (Å²) < 4.78 is 51.4. The van der Waals surface area contributed by atoms with E-state index in [-0.39, 0.29) is 11.1 Å². The van der Waals surface area contributed by atoms with Gasteiger partial charge in [0, 0.05) is 6.42 Å². The fourth-order valence-electron chi connectivity index (χ4n) is 4.69. The first-order valence-corrected chi connectivity index (χ1v) is 11.7. The molecule has 0 amide bonds. The normalized spacial score (nSPS) is 27.8. The largest absolute Gasteiger partial charge is 0.402 e. The minimum atomic E-state index is -4.73. The molecule has 1 N–H and O–H groups in total. The fourth-order valence-corrected chi connectivity index (χ4v) is 5.41. The van der Waals surface area contributed by atoms with Crippen molar-refractivity contribution in [2.75, 3.05) is 26.7 Å². The molecule has 0 aliphatic carbocycles. The summed E-state index contributed by atoms with van der Waals surface area (Å²) in [5.74, 6) is 0. The standard InChI is InChI=1S/C23H27NO6S/c1-24-14-12-21(18-28-16-19-8-4-2-5-9-19)23(24,30-31(25,26)27)22(13-15-24)29-17-20-10-6-3-7-11-20/h2-12,22H,13-18H2,1H3/p+1. The third-order valence-electron chi connectivity index (χ3n) is 6.22. The van der Waals surface area contributed by atoms with Crippen molar-refractivity contribution in [1.29, 1.82) is 0 Å². The number of ether oxygens (including phenoxy) is 2. The maximum Gasteiger partial charge on any atom is 0.402 e. The highest BCUT2D eigenvalue weighted by Crippen LogP contribution is 2.48. The second kappa shape index (κ2) is 8.82. The lowest BCUT2D eigenvalue weighted by Gasteiger charge is -2.42. The van der Waals surface area contributed by atoms with Gasteiger partial charge in [0.15, 0.2) is 6.10 Å². The minimum Gasteiger partial charge on any atom is -0.372 e. The van der Waals surface area contributed by atoms with Crippen molar-refractivity contribution in [3.05, 3.63) is 83.4 Å². The molecule has 0 bridgehead atoms. The van der Waals surface area contributed by atoms with Crippen LogP contribution in [0.1, 0.15) is 17.5 Å². The lowest BCUT2D eigenvalue weighted by molar-refractivity contribution is -0.952. The highest BCUT2D eigenvalue weighted by atomic mass is 32.3. The van der Waals surface area contributed by atoms with E-state index in [4.69, 9.17) is 13.7 Å². The molecule has 3 unspecified atom stereocenters. The van der Waals surface area contributed by atoms with Gasteiger partial charge < -0.3 is 9.47 Å². The Morgan fingerprint density at radius 3 is 2.23 bits per heavy atom. The molecule has 0 saturated carbocycles. The highest BCUT2D eigenvalue weighted by Gasteiger charge is 2.68. The molecule has 2 aromatic rings. The van der Waals surface area contributed by atoms with Crippen LogP contribution < -0.4 is 0 Å². The maximum atomic E-state index is 11.9. The molecule has 166 valence electrons. The van der Waals surface area contributed by atoms with Crippen LogP contribution in [0.5, 0.6) is 0 Å². The summed E-state index contributed by atoms with van der Waals surface area (Å²) in [7, 11) is -2.80. The van der Waals surface area contributed by atoms with Gasteiger partial charge in [-0.25, -0.2) is 0 Å². The van der Waals surface area contributed by atoms with Crippen LogP contribution in [0, 0.1) is 0 Å². The van der Waals surface area contributed by atoms with E-state index >= 15 is 0 Å². The molecule has 8 heteroatoms. The molecule has 1 saturated heterocycles. The second-order valence-corrected chi connectivity index (χ2v) is 9.31. The average Bonchev–Trinajstić information content (AvgIpc) is 3.16. The van der Waals surface area contributed by atoms with Gasteiger partial charge in [0.1, 0.15) is 6.54 Å². The van der Waals surface area contributed by atoms with E-state index in [0.717, 1.165) is 11.1 Å². The molecule has 0 aromatic heterocycles. The first-order valence-electron chi connectivity index (χ1n) is 10.3. The second-order valence-electron chi connectivity index (χ2n) is 8.29. The Labute approximate surface area is 183 Å². The number of benzene rings is 2. The Balaban J connectivity index is 1.56. The third-order valence-corrected chi connectivity index (χ3v) is 6.68. The van der Waals surface area contributed by atoms with E-state index in [1.54, 1.807) is 0 Å². The van der Waals surface area contributed by atoms with E-state index in [1.807, 2.05) is 73.8 Å². The quantitative estimate of drug-likeness (QED) is 0.362. The molecule has 0 radical (unpaired) electrons. The zero-order valence-corrected chi connectivity index (χ0v) is 18.3. The summed E-state index contributed by atoms with van der Waals surface area (Å²) >= 11 is 0. The van der Waals surface area contributed by atoms with E-state index in [9.17, 15) is 13.0 Å². The predicted molar refractivity (Wildman–Crippen MR) is 115 cm³/mol. The van der Waals surface area contributed by atoms with Gasteiger partial charge >= 0.3 is 10.4 Å². The van der Waals surface area contributed by atoms with Crippen molar-refractivity contribution < 1.29 is 31.1 Å². The number of hydrogen-bond donors (Lipinski definition) is 1. The molecular formula is C23H28NO6S+. The first-order chi connectivity index (χ1) is 14.8.